The lowest BCUT2D eigenvalue weighted by Gasteiger charge is -2.11. The highest BCUT2D eigenvalue weighted by atomic mass is 17.1. The van der Waals surface area contributed by atoms with Gasteiger partial charge in [0.25, 0.3) is 0 Å². The molecule has 20 heavy (non-hydrogen) atoms. The van der Waals surface area contributed by atoms with E-state index < -0.39 is 5.97 Å². The van der Waals surface area contributed by atoms with E-state index >= 15 is 0 Å². The van der Waals surface area contributed by atoms with Crippen molar-refractivity contribution in [3.63, 3.8) is 0 Å². The zero-order chi connectivity index (χ0) is 15.1. The number of aliphatic carboxylic acids is 1. The van der Waals surface area contributed by atoms with Gasteiger partial charge in [-0.05, 0) is 25.7 Å². The maximum Gasteiger partial charge on any atom is 0.328 e. The predicted octanol–water partition coefficient (Wildman–Crippen LogP) is 4.35. The third-order valence-electron chi connectivity index (χ3n) is 2.88. The van der Waals surface area contributed by atoms with E-state index in [1.807, 2.05) is 12.2 Å². The second kappa shape index (κ2) is 14.0. The van der Waals surface area contributed by atoms with E-state index in [0.29, 0.717) is 0 Å². The van der Waals surface area contributed by atoms with Gasteiger partial charge in [-0.2, -0.15) is 0 Å². The second-order valence-corrected chi connectivity index (χ2v) is 4.66. The molecule has 0 rings (SSSR count). The number of carboxylic acid groups (broad SMARTS) is 1. The number of rotatable bonds is 12. The summed E-state index contributed by atoms with van der Waals surface area (Å²) in [6.07, 6.45) is 17.0. The molecule has 0 aromatic heterocycles. The van der Waals surface area contributed by atoms with Crippen molar-refractivity contribution in [2.24, 2.45) is 0 Å². The largest absolute Gasteiger partial charge is 0.478 e. The van der Waals surface area contributed by atoms with Crippen molar-refractivity contribution in [2.45, 2.75) is 58.0 Å². The fourth-order valence-corrected chi connectivity index (χ4v) is 1.78. The number of unbranched alkanes of at least 4 members (excludes halogenated alkanes) is 3. The molecule has 2 N–H and O–H groups in total. The predicted molar refractivity (Wildman–Crippen MR) is 80.6 cm³/mol. The first-order valence-corrected chi connectivity index (χ1v) is 7.23. The topological polar surface area (TPSA) is 66.8 Å². The molecule has 0 fully saturated rings. The lowest BCUT2D eigenvalue weighted by Crippen LogP contribution is -2.10. The van der Waals surface area contributed by atoms with Crippen LogP contribution in [0.25, 0.3) is 0 Å². The van der Waals surface area contributed by atoms with Crippen molar-refractivity contribution in [1.82, 2.24) is 0 Å². The molecule has 0 bridgehead atoms. The highest BCUT2D eigenvalue weighted by Crippen LogP contribution is 2.12. The number of carbonyl (C=O) groups is 1. The van der Waals surface area contributed by atoms with Gasteiger partial charge >= 0.3 is 5.97 Å². The number of carboxylic acids is 1. The summed E-state index contributed by atoms with van der Waals surface area (Å²) in [5.41, 5.74) is 0. The molecule has 0 heterocycles. The summed E-state index contributed by atoms with van der Waals surface area (Å²) in [5, 5.41) is 17.2. The molecule has 1 atom stereocenters. The van der Waals surface area contributed by atoms with E-state index in [9.17, 15) is 4.79 Å². The van der Waals surface area contributed by atoms with Gasteiger partial charge in [0.2, 0.25) is 0 Å². The third kappa shape index (κ3) is 13.1. The van der Waals surface area contributed by atoms with Crippen LogP contribution < -0.4 is 0 Å². The Balaban J connectivity index is 3.64. The van der Waals surface area contributed by atoms with Crippen LogP contribution in [-0.2, 0) is 9.68 Å². The second-order valence-electron chi connectivity index (χ2n) is 4.66. The minimum Gasteiger partial charge on any atom is -0.478 e. The van der Waals surface area contributed by atoms with Crippen LogP contribution in [0, 0.1) is 0 Å². The van der Waals surface area contributed by atoms with Gasteiger partial charge in [0.05, 0.1) is 6.10 Å². The van der Waals surface area contributed by atoms with Gasteiger partial charge in [0.1, 0.15) is 0 Å². The Kier molecular flexibility index (Phi) is 13.1. The van der Waals surface area contributed by atoms with Crippen molar-refractivity contribution in [3.05, 3.63) is 36.5 Å². The average Bonchev–Trinajstić information content (AvgIpc) is 2.43. The highest BCUT2D eigenvalue weighted by molar-refractivity contribution is 5.80. The van der Waals surface area contributed by atoms with E-state index in [1.54, 1.807) is 12.2 Å². The molecule has 0 aromatic rings. The molecule has 0 aliphatic rings. The van der Waals surface area contributed by atoms with Crippen molar-refractivity contribution >= 4 is 5.97 Å². The van der Waals surface area contributed by atoms with Gasteiger partial charge in [-0.15, -0.1) is 0 Å². The molecular weight excluding hydrogens is 256 g/mol. The van der Waals surface area contributed by atoms with E-state index in [1.165, 1.54) is 18.9 Å². The van der Waals surface area contributed by atoms with E-state index in [2.05, 4.69) is 11.8 Å². The first-order chi connectivity index (χ1) is 9.70. The molecule has 0 aliphatic carbocycles. The van der Waals surface area contributed by atoms with Crippen LogP contribution in [0.5, 0.6) is 0 Å². The monoisotopic (exact) mass is 282 g/mol. The Bertz CT molecular complexity index is 318. The van der Waals surface area contributed by atoms with Crippen molar-refractivity contribution in [1.29, 1.82) is 0 Å². The fourth-order valence-electron chi connectivity index (χ4n) is 1.78. The zero-order valence-corrected chi connectivity index (χ0v) is 12.2. The van der Waals surface area contributed by atoms with Crippen LogP contribution in [0.2, 0.25) is 0 Å². The highest BCUT2D eigenvalue weighted by Gasteiger charge is 2.07. The summed E-state index contributed by atoms with van der Waals surface area (Å²) in [5.74, 6) is -0.947. The molecule has 0 radical (unpaired) electrons. The molecule has 0 spiro atoms. The molecule has 4 nitrogen and oxygen atoms in total. The lowest BCUT2D eigenvalue weighted by atomic mass is 10.1. The first-order valence-electron chi connectivity index (χ1n) is 7.23. The third-order valence-corrected chi connectivity index (χ3v) is 2.88. The van der Waals surface area contributed by atoms with Crippen LogP contribution in [-0.4, -0.2) is 22.4 Å². The van der Waals surface area contributed by atoms with E-state index in [0.717, 1.165) is 38.2 Å². The summed E-state index contributed by atoms with van der Waals surface area (Å²) in [6, 6.07) is 0. The van der Waals surface area contributed by atoms with Gasteiger partial charge < -0.3 is 5.11 Å². The van der Waals surface area contributed by atoms with Crippen molar-refractivity contribution in [3.8, 4) is 0 Å². The van der Waals surface area contributed by atoms with Crippen molar-refractivity contribution in [2.75, 3.05) is 0 Å². The van der Waals surface area contributed by atoms with Crippen LogP contribution >= 0.6 is 0 Å². The van der Waals surface area contributed by atoms with Crippen LogP contribution in [0.4, 0.5) is 0 Å². The quantitative estimate of drug-likeness (QED) is 0.184. The molecule has 0 aliphatic heterocycles. The maximum atomic E-state index is 10.2. The lowest BCUT2D eigenvalue weighted by molar-refractivity contribution is -0.281. The van der Waals surface area contributed by atoms with Gasteiger partial charge in [-0.1, -0.05) is 56.6 Å². The van der Waals surface area contributed by atoms with E-state index in [-0.39, 0.29) is 6.10 Å². The summed E-state index contributed by atoms with van der Waals surface area (Å²) < 4.78 is 0. The number of hydrogen-bond acceptors (Lipinski definition) is 3. The van der Waals surface area contributed by atoms with Crippen LogP contribution in [0.15, 0.2) is 36.5 Å². The fraction of sp³-hybridized carbons (Fsp3) is 0.562. The zero-order valence-electron chi connectivity index (χ0n) is 12.2. The number of allylic oxidation sites excluding steroid dienone is 5. The molecule has 0 saturated heterocycles. The van der Waals surface area contributed by atoms with Gasteiger partial charge in [-0.25, -0.2) is 9.68 Å². The van der Waals surface area contributed by atoms with Crippen LogP contribution in [0.3, 0.4) is 0 Å². The Morgan fingerprint density at radius 3 is 2.45 bits per heavy atom. The average molecular weight is 282 g/mol. The summed E-state index contributed by atoms with van der Waals surface area (Å²) in [6.45, 7) is 2.15. The first kappa shape index (κ1) is 18.6. The molecule has 114 valence electrons. The van der Waals surface area contributed by atoms with Gasteiger partial charge in [0.15, 0.2) is 0 Å². The molecule has 0 amide bonds. The normalized spacial score (nSPS) is 13.7. The Labute approximate surface area is 121 Å². The molecule has 4 heteroatoms. The Hall–Kier alpha value is -1.39. The number of hydrogen-bond donors (Lipinski definition) is 2. The van der Waals surface area contributed by atoms with Crippen molar-refractivity contribution < 1.29 is 20.0 Å². The standard InChI is InChI=1S/C16H26O4/c1-2-3-9-12-15(20-19)13-10-7-5-4-6-8-11-14-16(17)18/h4-6,8,11,14-15,19H,2-3,7,9-10,12-13H2,1H3,(H,17,18). The summed E-state index contributed by atoms with van der Waals surface area (Å²) >= 11 is 0. The van der Waals surface area contributed by atoms with Crippen LogP contribution in [0.1, 0.15) is 51.9 Å². The van der Waals surface area contributed by atoms with Gasteiger partial charge in [-0.3, -0.25) is 5.26 Å². The molecule has 0 saturated carbocycles. The van der Waals surface area contributed by atoms with E-state index in [4.69, 9.17) is 10.4 Å². The van der Waals surface area contributed by atoms with Gasteiger partial charge in [0, 0.05) is 6.08 Å². The minimum absolute atomic E-state index is 0.0519. The molecule has 1 unspecified atom stereocenters. The summed E-state index contributed by atoms with van der Waals surface area (Å²) in [7, 11) is 0. The maximum absolute atomic E-state index is 10.2. The minimum atomic E-state index is -0.947. The smallest absolute Gasteiger partial charge is 0.328 e. The SMILES string of the molecule is CCCCCC(CCCC=CC=CC=CC(=O)O)OO. The Morgan fingerprint density at radius 2 is 1.80 bits per heavy atom. The Morgan fingerprint density at radius 1 is 1.10 bits per heavy atom. The molecule has 0 aromatic carbocycles. The summed E-state index contributed by atoms with van der Waals surface area (Å²) in [4.78, 5) is 14.7. The molecular formula is C16H26O4.